The molecule has 2 rings (SSSR count). The van der Waals surface area contributed by atoms with Crippen LogP contribution in [0.1, 0.15) is 33.3 Å². The summed E-state index contributed by atoms with van der Waals surface area (Å²) >= 11 is 3.45. The van der Waals surface area contributed by atoms with Crippen molar-refractivity contribution in [3.05, 3.63) is 58.6 Å². The summed E-state index contributed by atoms with van der Waals surface area (Å²) in [5, 5.41) is 2.94. The van der Waals surface area contributed by atoms with Crippen LogP contribution in [-0.4, -0.2) is 42.0 Å². The van der Waals surface area contributed by atoms with Gasteiger partial charge in [-0.1, -0.05) is 40.2 Å². The number of carbonyl (C=O) groups is 2. The number of hydrogen-bond donors (Lipinski definition) is 1. The first-order valence-electron chi connectivity index (χ1n) is 9.72. The topological polar surface area (TPSA) is 67.9 Å². The second kappa shape index (κ2) is 10.5. The number of ether oxygens (including phenoxy) is 2. The van der Waals surface area contributed by atoms with E-state index in [-0.39, 0.29) is 25.0 Å². The SMILES string of the molecule is COc1ccccc1OCC(=O)N(Cc1cccc(Br)c1)C(C)C(=O)NC(C)(C)C. The van der Waals surface area contributed by atoms with Crippen molar-refractivity contribution in [2.75, 3.05) is 13.7 Å². The van der Waals surface area contributed by atoms with Crippen molar-refractivity contribution in [2.45, 2.75) is 45.8 Å². The summed E-state index contributed by atoms with van der Waals surface area (Å²) in [4.78, 5) is 27.4. The average Bonchev–Trinajstić information content (AvgIpc) is 2.68. The number of para-hydroxylation sites is 2. The van der Waals surface area contributed by atoms with Gasteiger partial charge in [0.25, 0.3) is 5.91 Å². The van der Waals surface area contributed by atoms with Gasteiger partial charge in [0.05, 0.1) is 7.11 Å². The molecule has 1 N–H and O–H groups in total. The second-order valence-corrected chi connectivity index (χ2v) is 8.92. The van der Waals surface area contributed by atoms with E-state index in [1.165, 1.54) is 4.90 Å². The summed E-state index contributed by atoms with van der Waals surface area (Å²) in [7, 11) is 1.54. The Bertz CT molecular complexity index is 880. The first-order valence-corrected chi connectivity index (χ1v) is 10.5. The van der Waals surface area contributed by atoms with Crippen LogP contribution in [0.4, 0.5) is 0 Å². The van der Waals surface area contributed by atoms with E-state index in [0.29, 0.717) is 11.5 Å². The fourth-order valence-corrected chi connectivity index (χ4v) is 3.30. The van der Waals surface area contributed by atoms with E-state index in [9.17, 15) is 9.59 Å². The van der Waals surface area contributed by atoms with E-state index >= 15 is 0 Å². The maximum atomic E-state index is 13.1. The number of nitrogens with zero attached hydrogens (tertiary/aromatic N) is 1. The Hall–Kier alpha value is -2.54. The minimum atomic E-state index is -0.669. The predicted molar refractivity (Wildman–Crippen MR) is 121 cm³/mol. The third-order valence-corrected chi connectivity index (χ3v) is 4.82. The zero-order valence-corrected chi connectivity index (χ0v) is 19.7. The summed E-state index contributed by atoms with van der Waals surface area (Å²) in [6, 6.07) is 14.1. The van der Waals surface area contributed by atoms with E-state index in [1.54, 1.807) is 32.2 Å². The summed E-state index contributed by atoms with van der Waals surface area (Å²) in [5.74, 6) is 0.505. The molecule has 0 heterocycles. The molecule has 30 heavy (non-hydrogen) atoms. The molecule has 2 amide bonds. The summed E-state index contributed by atoms with van der Waals surface area (Å²) < 4.78 is 11.9. The van der Waals surface area contributed by atoms with Gasteiger partial charge in [-0.15, -0.1) is 0 Å². The van der Waals surface area contributed by atoms with Gasteiger partial charge >= 0.3 is 0 Å². The maximum Gasteiger partial charge on any atom is 0.261 e. The molecule has 2 aromatic rings. The highest BCUT2D eigenvalue weighted by Crippen LogP contribution is 2.26. The van der Waals surface area contributed by atoms with E-state index in [1.807, 2.05) is 51.1 Å². The van der Waals surface area contributed by atoms with Gasteiger partial charge in [0.1, 0.15) is 6.04 Å². The molecule has 1 atom stereocenters. The monoisotopic (exact) mass is 476 g/mol. The Balaban J connectivity index is 2.20. The van der Waals surface area contributed by atoms with Crippen LogP contribution < -0.4 is 14.8 Å². The Kier molecular flexibility index (Phi) is 8.29. The minimum absolute atomic E-state index is 0.207. The Morgan fingerprint density at radius 1 is 1.10 bits per heavy atom. The van der Waals surface area contributed by atoms with Gasteiger partial charge in [-0.25, -0.2) is 0 Å². The largest absolute Gasteiger partial charge is 0.493 e. The number of amides is 2. The first-order chi connectivity index (χ1) is 14.1. The lowest BCUT2D eigenvalue weighted by Gasteiger charge is -2.31. The van der Waals surface area contributed by atoms with Crippen LogP contribution >= 0.6 is 15.9 Å². The van der Waals surface area contributed by atoms with Crippen LogP contribution in [-0.2, 0) is 16.1 Å². The zero-order chi connectivity index (χ0) is 22.3. The highest BCUT2D eigenvalue weighted by atomic mass is 79.9. The molecule has 0 fully saturated rings. The van der Waals surface area contributed by atoms with Crippen molar-refractivity contribution in [2.24, 2.45) is 0 Å². The molecular weight excluding hydrogens is 448 g/mol. The quantitative estimate of drug-likeness (QED) is 0.620. The van der Waals surface area contributed by atoms with Crippen molar-refractivity contribution in [1.82, 2.24) is 10.2 Å². The standard InChI is InChI=1S/C23H29BrN2O4/c1-16(22(28)25-23(2,3)4)26(14-17-9-8-10-18(24)13-17)21(27)15-30-20-12-7-6-11-19(20)29-5/h6-13,16H,14-15H2,1-5H3,(H,25,28). The molecule has 0 bridgehead atoms. The second-order valence-electron chi connectivity index (χ2n) is 8.01. The van der Waals surface area contributed by atoms with Gasteiger partial charge in [0.15, 0.2) is 18.1 Å². The number of methoxy groups -OCH3 is 1. The van der Waals surface area contributed by atoms with Crippen molar-refractivity contribution >= 4 is 27.7 Å². The number of carbonyl (C=O) groups excluding carboxylic acids is 2. The fourth-order valence-electron chi connectivity index (χ4n) is 2.85. The molecule has 7 heteroatoms. The predicted octanol–water partition coefficient (Wildman–Crippen LogP) is 4.17. The molecular formula is C23H29BrN2O4. The lowest BCUT2D eigenvalue weighted by atomic mass is 10.1. The molecule has 0 spiro atoms. The number of rotatable bonds is 8. The smallest absolute Gasteiger partial charge is 0.261 e. The fraction of sp³-hybridized carbons (Fsp3) is 0.391. The molecule has 0 aliphatic carbocycles. The van der Waals surface area contributed by atoms with Crippen LogP contribution in [0.3, 0.4) is 0 Å². The van der Waals surface area contributed by atoms with Crippen LogP contribution in [0, 0.1) is 0 Å². The lowest BCUT2D eigenvalue weighted by molar-refractivity contribution is -0.142. The Morgan fingerprint density at radius 3 is 2.37 bits per heavy atom. The third-order valence-electron chi connectivity index (χ3n) is 4.33. The summed E-state index contributed by atoms with van der Waals surface area (Å²) in [6.45, 7) is 7.52. The van der Waals surface area contributed by atoms with Crippen molar-refractivity contribution < 1.29 is 19.1 Å². The number of nitrogens with one attached hydrogen (secondary N) is 1. The van der Waals surface area contributed by atoms with Gasteiger partial charge in [0, 0.05) is 16.6 Å². The summed E-state index contributed by atoms with van der Waals surface area (Å²) in [6.07, 6.45) is 0. The molecule has 0 radical (unpaired) electrons. The van der Waals surface area contributed by atoms with Crippen LogP contribution in [0.15, 0.2) is 53.0 Å². The lowest BCUT2D eigenvalue weighted by Crippen LogP contribution is -2.53. The molecule has 2 aromatic carbocycles. The average molecular weight is 477 g/mol. The van der Waals surface area contributed by atoms with Gasteiger partial charge in [-0.3, -0.25) is 9.59 Å². The van der Waals surface area contributed by atoms with Gasteiger partial charge < -0.3 is 19.7 Å². The van der Waals surface area contributed by atoms with Crippen molar-refractivity contribution in [3.8, 4) is 11.5 Å². The molecule has 6 nitrogen and oxygen atoms in total. The first kappa shape index (κ1) is 23.7. The molecule has 162 valence electrons. The summed E-state index contributed by atoms with van der Waals surface area (Å²) in [5.41, 5.74) is 0.509. The van der Waals surface area contributed by atoms with E-state index in [2.05, 4.69) is 21.2 Å². The van der Waals surface area contributed by atoms with E-state index < -0.39 is 11.6 Å². The number of hydrogen-bond acceptors (Lipinski definition) is 4. The van der Waals surface area contributed by atoms with Gasteiger partial charge in [0.2, 0.25) is 5.91 Å². The van der Waals surface area contributed by atoms with Crippen LogP contribution in [0.25, 0.3) is 0 Å². The number of halogens is 1. The number of benzene rings is 2. The van der Waals surface area contributed by atoms with E-state index in [4.69, 9.17) is 9.47 Å². The Labute approximate surface area is 186 Å². The van der Waals surface area contributed by atoms with Gasteiger partial charge in [-0.2, -0.15) is 0 Å². The molecule has 1 unspecified atom stereocenters. The highest BCUT2D eigenvalue weighted by molar-refractivity contribution is 9.10. The third kappa shape index (κ3) is 7.06. The maximum absolute atomic E-state index is 13.1. The Morgan fingerprint density at radius 2 is 1.77 bits per heavy atom. The molecule has 0 aliphatic rings. The van der Waals surface area contributed by atoms with Gasteiger partial charge in [-0.05, 0) is 57.5 Å². The van der Waals surface area contributed by atoms with Crippen LogP contribution in [0.2, 0.25) is 0 Å². The highest BCUT2D eigenvalue weighted by Gasteiger charge is 2.28. The van der Waals surface area contributed by atoms with Crippen molar-refractivity contribution in [1.29, 1.82) is 0 Å². The molecule has 0 saturated carbocycles. The molecule has 0 saturated heterocycles. The van der Waals surface area contributed by atoms with Crippen molar-refractivity contribution in [3.63, 3.8) is 0 Å². The molecule has 0 aromatic heterocycles. The minimum Gasteiger partial charge on any atom is -0.493 e. The van der Waals surface area contributed by atoms with Crippen LogP contribution in [0.5, 0.6) is 11.5 Å². The molecule has 0 aliphatic heterocycles. The normalized spacial score (nSPS) is 12.1. The zero-order valence-electron chi connectivity index (χ0n) is 18.1. The van der Waals surface area contributed by atoms with E-state index in [0.717, 1.165) is 10.0 Å².